The summed E-state index contributed by atoms with van der Waals surface area (Å²) in [7, 11) is 0. The fourth-order valence-corrected chi connectivity index (χ4v) is 2.69. The van der Waals surface area contributed by atoms with Crippen LogP contribution < -0.4 is 5.56 Å². The van der Waals surface area contributed by atoms with Crippen molar-refractivity contribution < 1.29 is 4.74 Å². The Balaban J connectivity index is 1.72. The summed E-state index contributed by atoms with van der Waals surface area (Å²) >= 11 is 0. The zero-order valence-corrected chi connectivity index (χ0v) is 13.7. The minimum Gasteiger partial charge on any atom is -0.379 e. The smallest absolute Gasteiger partial charge is 0.266 e. The van der Waals surface area contributed by atoms with Gasteiger partial charge in [-0.15, -0.1) is 0 Å². The molecule has 0 amide bonds. The standard InChI is InChI=1S/C18H22N4O2/c1-15-5-3-4-8-21(15)16(2)17-6-7-18(23)22(19-17)10-9-20-11-13-24-14-12-20/h3-8H,1-2,9-14H2. The fourth-order valence-electron chi connectivity index (χ4n) is 2.69. The molecule has 0 atom stereocenters. The molecule has 0 aliphatic carbocycles. The number of aromatic nitrogens is 2. The predicted octanol–water partition coefficient (Wildman–Crippen LogP) is 1.45. The van der Waals surface area contributed by atoms with Gasteiger partial charge in [0.05, 0.1) is 25.5 Å². The molecule has 3 heterocycles. The van der Waals surface area contributed by atoms with Crippen molar-refractivity contribution in [3.8, 4) is 0 Å². The second-order valence-electron chi connectivity index (χ2n) is 5.74. The number of allylic oxidation sites excluding steroid dienone is 3. The molecule has 0 unspecified atom stereocenters. The van der Waals surface area contributed by atoms with Crippen molar-refractivity contribution >= 4 is 5.70 Å². The van der Waals surface area contributed by atoms with Gasteiger partial charge >= 0.3 is 0 Å². The molecule has 6 heteroatoms. The van der Waals surface area contributed by atoms with Crippen LogP contribution in [0, 0.1) is 0 Å². The van der Waals surface area contributed by atoms with E-state index in [1.54, 1.807) is 12.1 Å². The molecule has 3 rings (SSSR count). The second kappa shape index (κ2) is 7.42. The van der Waals surface area contributed by atoms with Gasteiger partial charge in [0.1, 0.15) is 5.69 Å². The van der Waals surface area contributed by atoms with Gasteiger partial charge in [-0.25, -0.2) is 4.68 Å². The van der Waals surface area contributed by atoms with Gasteiger partial charge in [0, 0.05) is 37.6 Å². The van der Waals surface area contributed by atoms with Crippen molar-refractivity contribution in [3.05, 3.63) is 71.5 Å². The monoisotopic (exact) mass is 326 g/mol. The average Bonchev–Trinajstić information content (AvgIpc) is 2.62. The van der Waals surface area contributed by atoms with Crippen molar-refractivity contribution in [1.82, 2.24) is 19.6 Å². The van der Waals surface area contributed by atoms with Crippen LogP contribution in [0.25, 0.3) is 5.70 Å². The Labute approximate surface area is 141 Å². The van der Waals surface area contributed by atoms with Crippen LogP contribution in [-0.4, -0.2) is 52.4 Å². The highest BCUT2D eigenvalue weighted by molar-refractivity contribution is 5.62. The molecule has 1 aromatic heterocycles. The summed E-state index contributed by atoms with van der Waals surface area (Å²) in [6.45, 7) is 12.7. The Bertz CT molecular complexity index is 742. The summed E-state index contributed by atoms with van der Waals surface area (Å²) in [5.41, 5.74) is 2.07. The lowest BCUT2D eigenvalue weighted by atomic mass is 10.2. The van der Waals surface area contributed by atoms with Crippen molar-refractivity contribution in [2.75, 3.05) is 32.8 Å². The molecular weight excluding hydrogens is 304 g/mol. The average molecular weight is 326 g/mol. The van der Waals surface area contributed by atoms with Crippen LogP contribution in [0.15, 0.2) is 60.2 Å². The van der Waals surface area contributed by atoms with E-state index >= 15 is 0 Å². The van der Waals surface area contributed by atoms with E-state index in [-0.39, 0.29) is 5.56 Å². The summed E-state index contributed by atoms with van der Waals surface area (Å²) in [5.74, 6) is 0. The normalized spacial score (nSPS) is 18.2. The Morgan fingerprint density at radius 1 is 1.21 bits per heavy atom. The number of hydrogen-bond acceptors (Lipinski definition) is 5. The first-order chi connectivity index (χ1) is 11.6. The lowest BCUT2D eigenvalue weighted by Crippen LogP contribution is -2.39. The van der Waals surface area contributed by atoms with Crippen LogP contribution in [-0.2, 0) is 11.3 Å². The Morgan fingerprint density at radius 3 is 2.75 bits per heavy atom. The van der Waals surface area contributed by atoms with Crippen molar-refractivity contribution in [1.29, 1.82) is 0 Å². The van der Waals surface area contributed by atoms with Crippen molar-refractivity contribution in [3.63, 3.8) is 0 Å². The van der Waals surface area contributed by atoms with E-state index in [0.29, 0.717) is 17.9 Å². The van der Waals surface area contributed by atoms with Gasteiger partial charge in [0.15, 0.2) is 0 Å². The Hall–Kier alpha value is -2.44. The highest BCUT2D eigenvalue weighted by Gasteiger charge is 2.14. The van der Waals surface area contributed by atoms with E-state index in [1.807, 2.05) is 29.3 Å². The highest BCUT2D eigenvalue weighted by atomic mass is 16.5. The molecule has 126 valence electrons. The van der Waals surface area contributed by atoms with Gasteiger partial charge in [0.25, 0.3) is 5.56 Å². The lowest BCUT2D eigenvalue weighted by molar-refractivity contribution is 0.0358. The molecule has 2 aliphatic rings. The summed E-state index contributed by atoms with van der Waals surface area (Å²) < 4.78 is 6.84. The second-order valence-corrected chi connectivity index (χ2v) is 5.74. The first-order valence-corrected chi connectivity index (χ1v) is 8.06. The SMILES string of the molecule is C=C1C=CC=CN1C(=C)c1ccc(=O)n(CCN2CCOCC2)n1. The summed E-state index contributed by atoms with van der Waals surface area (Å²) in [6, 6.07) is 3.24. The van der Waals surface area contributed by atoms with E-state index in [4.69, 9.17) is 4.74 Å². The third kappa shape index (κ3) is 3.72. The maximum Gasteiger partial charge on any atom is 0.266 e. The zero-order valence-electron chi connectivity index (χ0n) is 13.7. The van der Waals surface area contributed by atoms with E-state index in [2.05, 4.69) is 23.2 Å². The van der Waals surface area contributed by atoms with Gasteiger partial charge in [-0.2, -0.15) is 5.10 Å². The molecule has 24 heavy (non-hydrogen) atoms. The third-order valence-corrected chi connectivity index (χ3v) is 4.13. The number of morpholine rings is 1. The quantitative estimate of drug-likeness (QED) is 0.820. The Kier molecular flexibility index (Phi) is 5.08. The first-order valence-electron chi connectivity index (χ1n) is 8.06. The first kappa shape index (κ1) is 16.4. The van der Waals surface area contributed by atoms with Crippen LogP contribution in [0.1, 0.15) is 5.69 Å². The lowest BCUT2D eigenvalue weighted by Gasteiger charge is -2.27. The van der Waals surface area contributed by atoms with Gasteiger partial charge in [-0.1, -0.05) is 19.2 Å². The van der Waals surface area contributed by atoms with Gasteiger partial charge in [-0.3, -0.25) is 9.69 Å². The van der Waals surface area contributed by atoms with E-state index in [9.17, 15) is 4.79 Å². The van der Waals surface area contributed by atoms with Crippen molar-refractivity contribution in [2.45, 2.75) is 6.54 Å². The molecule has 0 aromatic carbocycles. The molecule has 0 spiro atoms. The van der Waals surface area contributed by atoms with E-state index < -0.39 is 0 Å². The summed E-state index contributed by atoms with van der Waals surface area (Å²) in [4.78, 5) is 16.2. The van der Waals surface area contributed by atoms with Gasteiger partial charge in [-0.05, 0) is 18.2 Å². The summed E-state index contributed by atoms with van der Waals surface area (Å²) in [5, 5.41) is 4.47. The minimum absolute atomic E-state index is 0.104. The number of rotatable bonds is 5. The van der Waals surface area contributed by atoms with Crippen LogP contribution in [0.3, 0.4) is 0 Å². The molecule has 0 radical (unpaired) electrons. The Morgan fingerprint density at radius 2 is 2.00 bits per heavy atom. The van der Waals surface area contributed by atoms with Gasteiger partial charge < -0.3 is 9.64 Å². The maximum atomic E-state index is 12.1. The zero-order chi connectivity index (χ0) is 16.9. The third-order valence-electron chi connectivity index (χ3n) is 4.13. The van der Waals surface area contributed by atoms with Gasteiger partial charge in [0.2, 0.25) is 0 Å². The molecule has 2 aliphatic heterocycles. The molecule has 0 saturated carbocycles. The maximum absolute atomic E-state index is 12.1. The van der Waals surface area contributed by atoms with Crippen LogP contribution >= 0.6 is 0 Å². The van der Waals surface area contributed by atoms with Crippen molar-refractivity contribution in [2.24, 2.45) is 0 Å². The number of hydrogen-bond donors (Lipinski definition) is 0. The number of nitrogens with zero attached hydrogens (tertiary/aromatic N) is 4. The summed E-state index contributed by atoms with van der Waals surface area (Å²) in [6.07, 6.45) is 7.62. The molecule has 1 aromatic rings. The largest absolute Gasteiger partial charge is 0.379 e. The minimum atomic E-state index is -0.104. The molecule has 0 bridgehead atoms. The molecule has 6 nitrogen and oxygen atoms in total. The van der Waals surface area contributed by atoms with E-state index in [0.717, 1.165) is 38.5 Å². The van der Waals surface area contributed by atoms with Crippen LogP contribution in [0.5, 0.6) is 0 Å². The highest BCUT2D eigenvalue weighted by Crippen LogP contribution is 2.22. The van der Waals surface area contributed by atoms with E-state index in [1.165, 1.54) is 4.68 Å². The topological polar surface area (TPSA) is 50.6 Å². The molecular formula is C18H22N4O2. The van der Waals surface area contributed by atoms with Crippen LogP contribution in [0.2, 0.25) is 0 Å². The molecule has 1 saturated heterocycles. The predicted molar refractivity (Wildman–Crippen MR) is 94.0 cm³/mol. The molecule has 0 N–H and O–H groups in total. The van der Waals surface area contributed by atoms with Crippen LogP contribution in [0.4, 0.5) is 0 Å². The fraction of sp³-hybridized carbons (Fsp3) is 0.333. The number of ether oxygens (including phenoxy) is 1. The molecule has 1 fully saturated rings.